The third kappa shape index (κ3) is 9.47. The first-order valence-corrected chi connectivity index (χ1v) is 17.0. The van der Waals surface area contributed by atoms with Crippen LogP contribution in [0.15, 0.2) is 89.3 Å². The van der Waals surface area contributed by atoms with Crippen molar-refractivity contribution in [2.45, 2.75) is 14.4 Å². The fraction of sp³-hybridized carbons (Fsp3) is 0.150. The average molecular weight is 833 g/mol. The van der Waals surface area contributed by atoms with Crippen LogP contribution in [0.1, 0.15) is 44.1 Å². The Morgan fingerprint density at radius 1 is 0.741 bits per heavy atom. The molecule has 0 atom stereocenters. The maximum atomic E-state index is 12.0. The van der Waals surface area contributed by atoms with Gasteiger partial charge in [-0.25, -0.2) is 19.0 Å². The minimum absolute atomic E-state index is 0. The number of carboxylic acids is 1. The van der Waals surface area contributed by atoms with Gasteiger partial charge in [0.25, 0.3) is 0 Å². The Morgan fingerprint density at radius 3 is 1.83 bits per heavy atom. The highest BCUT2D eigenvalue weighted by molar-refractivity contribution is 6.43. The molecule has 2 N–H and O–H groups in total. The smallest absolute Gasteiger partial charge is 0.346 e. The maximum absolute atomic E-state index is 12.0. The van der Waals surface area contributed by atoms with Crippen molar-refractivity contribution in [3.05, 3.63) is 133 Å². The third-order valence-corrected chi connectivity index (χ3v) is 9.41. The Kier molecular flexibility index (Phi) is 14.6. The first-order chi connectivity index (χ1) is 24.5. The van der Waals surface area contributed by atoms with Gasteiger partial charge in [-0.2, -0.15) is 0 Å². The molecule has 14 heteroatoms. The number of cyclic esters (lactones) is 2. The summed E-state index contributed by atoms with van der Waals surface area (Å²) in [5.41, 5.74) is 5.20. The summed E-state index contributed by atoms with van der Waals surface area (Å²) in [5.74, 6) is -1.47. The van der Waals surface area contributed by atoms with E-state index in [1.165, 1.54) is 18.2 Å². The second-order valence-corrected chi connectivity index (χ2v) is 13.7. The second kappa shape index (κ2) is 18.0. The number of carbonyl (C=O) groups is 3. The molecule has 0 bridgehead atoms. The van der Waals surface area contributed by atoms with E-state index in [0.29, 0.717) is 27.7 Å². The summed E-state index contributed by atoms with van der Waals surface area (Å²) in [6.45, 7) is 1.98. The molecule has 0 saturated heterocycles. The van der Waals surface area contributed by atoms with Crippen LogP contribution in [0.4, 0.5) is 5.69 Å². The summed E-state index contributed by atoms with van der Waals surface area (Å²) < 4.78 is 12.5. The van der Waals surface area contributed by atoms with Gasteiger partial charge in [-0.3, -0.25) is 0 Å². The molecule has 0 fully saturated rings. The van der Waals surface area contributed by atoms with Crippen LogP contribution in [0.5, 0.6) is 5.75 Å². The molecule has 4 aromatic rings. The van der Waals surface area contributed by atoms with E-state index in [-0.39, 0.29) is 51.6 Å². The monoisotopic (exact) mass is 830 g/mol. The number of aromatic carboxylic acids is 1. The third-order valence-electron chi connectivity index (χ3n) is 7.97. The van der Waals surface area contributed by atoms with Crippen molar-refractivity contribution in [1.82, 2.24) is 4.58 Å². The molecule has 2 heterocycles. The molecule has 4 aromatic carbocycles. The number of esters is 2. The summed E-state index contributed by atoms with van der Waals surface area (Å²) in [4.78, 5) is 35.9. The summed E-state index contributed by atoms with van der Waals surface area (Å²) >= 11 is 23.7. The fourth-order valence-electron chi connectivity index (χ4n) is 5.33. The fourth-order valence-corrected chi connectivity index (χ4v) is 5.99. The molecule has 2 aliphatic heterocycles. The number of carboxylic acid groups (broad SMARTS) is 1. The van der Waals surface area contributed by atoms with Crippen molar-refractivity contribution in [3.8, 4) is 28.2 Å². The maximum Gasteiger partial charge on any atom is 0.346 e. The SMILES string of the molecule is C.CN(C)c1cccc(O)c1.Cc1ccc2c(-c3cc(Cl)c(Cl)cc3C(=O)O)c3ccc(=[N+](C)C)cc-3oc2c1.O=C1OC(=O)c2cc(Cl)c(Cl)cc21.[Cl-]. The molecule has 282 valence electrons. The zero-order valence-corrected chi connectivity index (χ0v) is 32.6. The Bertz CT molecular complexity index is 2400. The van der Waals surface area contributed by atoms with Gasteiger partial charge in [-0.1, -0.05) is 72.0 Å². The zero-order valence-electron chi connectivity index (χ0n) is 28.8. The summed E-state index contributed by atoms with van der Waals surface area (Å²) in [6, 6.07) is 24.5. The summed E-state index contributed by atoms with van der Waals surface area (Å²) in [6.07, 6.45) is 0. The van der Waals surface area contributed by atoms with Crippen LogP contribution >= 0.6 is 46.4 Å². The number of halogens is 5. The first-order valence-electron chi connectivity index (χ1n) is 15.5. The lowest BCUT2D eigenvalue weighted by Gasteiger charge is -2.17. The number of ether oxygens (including phenoxy) is 1. The van der Waals surface area contributed by atoms with Crippen molar-refractivity contribution in [3.63, 3.8) is 0 Å². The van der Waals surface area contributed by atoms with Crippen molar-refractivity contribution in [1.29, 1.82) is 0 Å². The molecule has 0 aromatic heterocycles. The number of benzene rings is 5. The van der Waals surface area contributed by atoms with E-state index in [1.54, 1.807) is 18.2 Å². The lowest BCUT2D eigenvalue weighted by molar-refractivity contribution is -0.0000657. The van der Waals surface area contributed by atoms with Gasteiger partial charge in [-0.15, -0.1) is 0 Å². The van der Waals surface area contributed by atoms with Crippen LogP contribution in [0.3, 0.4) is 0 Å². The van der Waals surface area contributed by atoms with E-state index >= 15 is 0 Å². The number of phenols is 1. The van der Waals surface area contributed by atoms with Crippen LogP contribution in [-0.4, -0.2) is 56.3 Å². The molecule has 0 radical (unpaired) electrons. The van der Waals surface area contributed by atoms with E-state index < -0.39 is 17.9 Å². The van der Waals surface area contributed by atoms with E-state index in [2.05, 4.69) is 4.74 Å². The number of aromatic hydroxyl groups is 1. The number of hydrogen-bond acceptors (Lipinski definition) is 7. The van der Waals surface area contributed by atoms with E-state index in [4.69, 9.17) is 55.9 Å². The minimum atomic E-state index is -1.07. The van der Waals surface area contributed by atoms with E-state index in [1.807, 2.05) is 93.1 Å². The van der Waals surface area contributed by atoms with Crippen LogP contribution < -0.4 is 27.2 Å². The lowest BCUT2D eigenvalue weighted by atomic mass is 9.90. The van der Waals surface area contributed by atoms with Crippen LogP contribution in [0.2, 0.25) is 20.1 Å². The Balaban J connectivity index is 0.000000259. The molecule has 0 amide bonds. The average Bonchev–Trinajstić information content (AvgIpc) is 3.36. The topological polar surface area (TPSA) is 120 Å². The largest absolute Gasteiger partial charge is 1.00 e. The molecular weight excluding hydrogens is 798 g/mol. The quantitative estimate of drug-likeness (QED) is 0.0852. The van der Waals surface area contributed by atoms with Gasteiger partial charge in [0.05, 0.1) is 42.8 Å². The second-order valence-electron chi connectivity index (χ2n) is 12.1. The van der Waals surface area contributed by atoms with Gasteiger partial charge in [0, 0.05) is 48.4 Å². The highest BCUT2D eigenvalue weighted by atomic mass is 35.5. The highest BCUT2D eigenvalue weighted by Gasteiger charge is 2.30. The van der Waals surface area contributed by atoms with Crippen molar-refractivity contribution in [2.24, 2.45) is 0 Å². The zero-order chi connectivity index (χ0) is 38.0. The first kappa shape index (κ1) is 43.6. The van der Waals surface area contributed by atoms with Crippen molar-refractivity contribution >= 4 is 81.0 Å². The Labute approximate surface area is 338 Å². The van der Waals surface area contributed by atoms with Gasteiger partial charge < -0.3 is 36.7 Å². The van der Waals surface area contributed by atoms with Gasteiger partial charge in [0.1, 0.15) is 31.2 Å². The summed E-state index contributed by atoms with van der Waals surface area (Å²) in [5, 5.41) is 21.6. The number of fused-ring (bicyclic) bond motifs is 3. The molecular formula is C40H35Cl5N2O7. The molecule has 7 rings (SSSR count). The predicted molar refractivity (Wildman–Crippen MR) is 212 cm³/mol. The van der Waals surface area contributed by atoms with E-state index in [9.17, 15) is 19.5 Å². The van der Waals surface area contributed by atoms with Crippen LogP contribution in [0, 0.1) is 6.92 Å². The lowest BCUT2D eigenvalue weighted by Crippen LogP contribution is -3.00. The number of phenolic OH excluding ortho intramolecular Hbond substituents is 1. The molecule has 3 aliphatic rings. The van der Waals surface area contributed by atoms with Crippen molar-refractivity contribution in [2.75, 3.05) is 33.1 Å². The van der Waals surface area contributed by atoms with Gasteiger partial charge in [0.2, 0.25) is 5.36 Å². The number of carbonyl (C=O) groups excluding carboxylic acids is 2. The number of nitrogens with zero attached hydrogens (tertiary/aromatic N) is 2. The Morgan fingerprint density at radius 2 is 1.31 bits per heavy atom. The number of rotatable bonds is 3. The molecule has 0 unspecified atom stereocenters. The number of aryl methyl sites for hydroxylation is 1. The van der Waals surface area contributed by atoms with Gasteiger partial charge in [0.15, 0.2) is 0 Å². The van der Waals surface area contributed by atoms with Crippen molar-refractivity contribution < 1.29 is 46.2 Å². The van der Waals surface area contributed by atoms with E-state index in [0.717, 1.165) is 33.1 Å². The van der Waals surface area contributed by atoms with Gasteiger partial charge >= 0.3 is 17.9 Å². The molecule has 1 aliphatic carbocycles. The summed E-state index contributed by atoms with van der Waals surface area (Å²) in [7, 11) is 7.78. The molecule has 0 spiro atoms. The molecule has 0 saturated carbocycles. The molecule has 9 nitrogen and oxygen atoms in total. The molecule has 54 heavy (non-hydrogen) atoms. The Hall–Kier alpha value is -4.77. The highest BCUT2D eigenvalue weighted by Crippen LogP contribution is 2.43. The van der Waals surface area contributed by atoms with Crippen LogP contribution in [-0.2, 0) is 4.74 Å². The predicted octanol–water partition coefficient (Wildman–Crippen LogP) is 6.95. The number of hydrogen-bond donors (Lipinski definition) is 2. The normalized spacial score (nSPS) is 11.2. The van der Waals surface area contributed by atoms with Crippen LogP contribution in [0.25, 0.3) is 33.4 Å². The standard InChI is InChI=1S/C23H17Cl2NO3.C8H2Cl2O3.C8H11NO.CH4.ClH/c1-12-4-6-14-20(8-12)29-21-9-13(26(2)3)5-7-15(21)22(14)16-10-18(24)19(25)11-17(16)23(27)28;9-5-1-3-4(2-6(5)10)8(12)13-7(3)11;1-9(2)7-4-3-5-8(10)6-7;;/h4-11H,1-3H3;1-2H;3-6,10H,1-2H3;1H4;1H. The van der Waals surface area contributed by atoms with Gasteiger partial charge in [-0.05, 0) is 66.6 Å². The minimum Gasteiger partial charge on any atom is -1.00 e. The number of anilines is 1.